The van der Waals surface area contributed by atoms with Gasteiger partial charge in [0.1, 0.15) is 11.4 Å². The number of ether oxygens (including phenoxy) is 1. The van der Waals surface area contributed by atoms with Gasteiger partial charge in [0.25, 0.3) is 0 Å². The fraction of sp³-hybridized carbons (Fsp3) is 0.733. The van der Waals surface area contributed by atoms with Crippen molar-refractivity contribution in [3.63, 3.8) is 0 Å². The van der Waals surface area contributed by atoms with Gasteiger partial charge in [0, 0.05) is 24.8 Å². The molecule has 0 spiro atoms. The Morgan fingerprint density at radius 1 is 1.16 bits per heavy atom. The van der Waals surface area contributed by atoms with Crippen LogP contribution in [0.15, 0.2) is 6.07 Å². The van der Waals surface area contributed by atoms with Crippen LogP contribution < -0.4 is 5.73 Å². The Bertz CT molecular complexity index is 449. The third kappa shape index (κ3) is 2.34. The molecule has 1 heterocycles. The molecule has 2 aliphatic rings. The molecule has 1 aromatic heterocycles. The Morgan fingerprint density at radius 3 is 2.47 bits per heavy atom. The minimum Gasteiger partial charge on any atom is -0.384 e. The minimum absolute atomic E-state index is 0.289. The van der Waals surface area contributed by atoms with Gasteiger partial charge in [-0.3, -0.25) is 0 Å². The van der Waals surface area contributed by atoms with Crippen LogP contribution in [0.2, 0.25) is 0 Å². The number of nitrogens with zero attached hydrogens (tertiary/aromatic N) is 2. The zero-order valence-electron chi connectivity index (χ0n) is 11.7. The van der Waals surface area contributed by atoms with Gasteiger partial charge in [0.15, 0.2) is 5.82 Å². The van der Waals surface area contributed by atoms with Crippen LogP contribution in [-0.4, -0.2) is 17.1 Å². The fourth-order valence-corrected chi connectivity index (χ4v) is 3.59. The third-order valence-electron chi connectivity index (χ3n) is 4.75. The van der Waals surface area contributed by atoms with Crippen LogP contribution in [0, 0.1) is 0 Å². The zero-order valence-corrected chi connectivity index (χ0v) is 11.7. The highest BCUT2D eigenvalue weighted by Gasteiger charge is 2.39. The van der Waals surface area contributed by atoms with E-state index < -0.39 is 0 Å². The van der Waals surface area contributed by atoms with E-state index in [0.29, 0.717) is 11.7 Å². The van der Waals surface area contributed by atoms with Crippen LogP contribution >= 0.6 is 0 Å². The number of aromatic nitrogens is 2. The zero-order chi connectivity index (χ0) is 13.3. The highest BCUT2D eigenvalue weighted by atomic mass is 16.5. The first-order chi connectivity index (χ1) is 9.23. The van der Waals surface area contributed by atoms with Crippen LogP contribution in [0.25, 0.3) is 0 Å². The molecule has 0 atom stereocenters. The number of hydrogen-bond acceptors (Lipinski definition) is 4. The van der Waals surface area contributed by atoms with Crippen molar-refractivity contribution >= 4 is 5.82 Å². The lowest BCUT2D eigenvalue weighted by atomic mass is 9.99. The van der Waals surface area contributed by atoms with Crippen LogP contribution in [0.5, 0.6) is 0 Å². The van der Waals surface area contributed by atoms with Gasteiger partial charge in [0.05, 0.1) is 0 Å². The van der Waals surface area contributed by atoms with E-state index in [0.717, 1.165) is 24.4 Å². The van der Waals surface area contributed by atoms with Gasteiger partial charge >= 0.3 is 0 Å². The summed E-state index contributed by atoms with van der Waals surface area (Å²) in [5.41, 5.74) is 6.84. The molecular weight excluding hydrogens is 238 g/mol. The number of nitrogens with two attached hydrogens (primary N) is 1. The molecule has 4 heteroatoms. The fourth-order valence-electron chi connectivity index (χ4n) is 3.59. The third-order valence-corrected chi connectivity index (χ3v) is 4.75. The first-order valence-corrected chi connectivity index (χ1v) is 7.44. The first-order valence-electron chi connectivity index (χ1n) is 7.44. The number of methoxy groups -OCH3 is 1. The van der Waals surface area contributed by atoms with Crippen molar-refractivity contribution in [2.24, 2.45) is 0 Å². The number of rotatable bonds is 3. The van der Waals surface area contributed by atoms with Crippen molar-refractivity contribution < 1.29 is 4.74 Å². The van der Waals surface area contributed by atoms with Crippen LogP contribution in [0.4, 0.5) is 5.82 Å². The van der Waals surface area contributed by atoms with Crippen molar-refractivity contribution in [3.05, 3.63) is 17.6 Å². The van der Waals surface area contributed by atoms with E-state index >= 15 is 0 Å². The van der Waals surface area contributed by atoms with Gasteiger partial charge in [0.2, 0.25) is 0 Å². The SMILES string of the molecule is COC1(c2nc(N)cc(C3CCCC3)n2)CCCC1. The second-order valence-corrected chi connectivity index (χ2v) is 5.93. The van der Waals surface area contributed by atoms with E-state index in [1.54, 1.807) is 7.11 Å². The lowest BCUT2D eigenvalue weighted by Gasteiger charge is -2.26. The summed E-state index contributed by atoms with van der Waals surface area (Å²) in [6.07, 6.45) is 9.47. The van der Waals surface area contributed by atoms with E-state index in [4.69, 9.17) is 15.5 Å². The molecule has 0 aromatic carbocycles. The molecule has 0 radical (unpaired) electrons. The predicted octanol–water partition coefficient (Wildman–Crippen LogP) is 3.13. The molecule has 0 amide bonds. The normalized spacial score (nSPS) is 23.0. The molecule has 4 nitrogen and oxygen atoms in total. The molecule has 0 bridgehead atoms. The average Bonchev–Trinajstić information content (AvgIpc) is 3.10. The van der Waals surface area contributed by atoms with Gasteiger partial charge in [-0.1, -0.05) is 12.8 Å². The summed E-state index contributed by atoms with van der Waals surface area (Å²) < 4.78 is 5.78. The van der Waals surface area contributed by atoms with E-state index in [9.17, 15) is 0 Å². The van der Waals surface area contributed by atoms with Crippen LogP contribution in [0.3, 0.4) is 0 Å². The molecule has 2 saturated carbocycles. The number of anilines is 1. The monoisotopic (exact) mass is 261 g/mol. The molecule has 104 valence electrons. The largest absolute Gasteiger partial charge is 0.384 e. The van der Waals surface area contributed by atoms with Gasteiger partial charge in [-0.05, 0) is 38.5 Å². The summed E-state index contributed by atoms with van der Waals surface area (Å²) in [5, 5.41) is 0. The van der Waals surface area contributed by atoms with Gasteiger partial charge in [-0.25, -0.2) is 9.97 Å². The van der Waals surface area contributed by atoms with E-state index in [2.05, 4.69) is 4.98 Å². The average molecular weight is 261 g/mol. The van der Waals surface area contributed by atoms with Crippen molar-refractivity contribution in [2.45, 2.75) is 62.9 Å². The lowest BCUT2D eigenvalue weighted by molar-refractivity contribution is -0.0163. The lowest BCUT2D eigenvalue weighted by Crippen LogP contribution is -2.28. The Labute approximate surface area is 114 Å². The van der Waals surface area contributed by atoms with Crippen molar-refractivity contribution in [2.75, 3.05) is 12.8 Å². The maximum absolute atomic E-state index is 6.00. The summed E-state index contributed by atoms with van der Waals surface area (Å²) in [6, 6.07) is 1.96. The second-order valence-electron chi connectivity index (χ2n) is 5.93. The minimum atomic E-state index is -0.289. The van der Waals surface area contributed by atoms with Gasteiger partial charge in [-0.2, -0.15) is 0 Å². The molecule has 19 heavy (non-hydrogen) atoms. The van der Waals surface area contributed by atoms with Crippen LogP contribution in [0.1, 0.15) is 68.8 Å². The molecular formula is C15H23N3O. The molecule has 2 N–H and O–H groups in total. The Hall–Kier alpha value is -1.16. The summed E-state index contributed by atoms with van der Waals surface area (Å²) >= 11 is 0. The number of nitrogen functional groups attached to an aromatic ring is 1. The second kappa shape index (κ2) is 5.08. The van der Waals surface area contributed by atoms with Crippen molar-refractivity contribution in [1.29, 1.82) is 0 Å². The molecule has 2 fully saturated rings. The highest BCUT2D eigenvalue weighted by Crippen LogP contribution is 2.41. The topological polar surface area (TPSA) is 61.0 Å². The molecule has 3 rings (SSSR count). The Balaban J connectivity index is 1.96. The molecule has 2 aliphatic carbocycles. The summed E-state index contributed by atoms with van der Waals surface area (Å²) in [5.74, 6) is 1.98. The smallest absolute Gasteiger partial charge is 0.162 e. The Kier molecular flexibility index (Phi) is 3.44. The summed E-state index contributed by atoms with van der Waals surface area (Å²) in [4.78, 5) is 9.30. The summed E-state index contributed by atoms with van der Waals surface area (Å²) in [6.45, 7) is 0. The van der Waals surface area contributed by atoms with Gasteiger partial charge < -0.3 is 10.5 Å². The molecule has 0 unspecified atom stereocenters. The van der Waals surface area contributed by atoms with Gasteiger partial charge in [-0.15, -0.1) is 0 Å². The predicted molar refractivity (Wildman–Crippen MR) is 74.8 cm³/mol. The van der Waals surface area contributed by atoms with E-state index in [1.165, 1.54) is 38.5 Å². The maximum atomic E-state index is 6.00. The quantitative estimate of drug-likeness (QED) is 0.908. The Morgan fingerprint density at radius 2 is 1.84 bits per heavy atom. The summed E-state index contributed by atoms with van der Waals surface area (Å²) in [7, 11) is 1.77. The molecule has 0 saturated heterocycles. The standard InChI is InChI=1S/C15H23N3O/c1-19-15(8-4-5-9-15)14-17-12(10-13(16)18-14)11-6-2-3-7-11/h10-11H,2-9H2,1H3,(H2,16,17,18). The van der Waals surface area contributed by atoms with E-state index in [1.807, 2.05) is 6.07 Å². The number of hydrogen-bond donors (Lipinski definition) is 1. The van der Waals surface area contributed by atoms with Crippen LogP contribution in [-0.2, 0) is 10.3 Å². The first kappa shape index (κ1) is 12.9. The molecule has 1 aromatic rings. The van der Waals surface area contributed by atoms with Crippen molar-refractivity contribution in [1.82, 2.24) is 9.97 Å². The van der Waals surface area contributed by atoms with Crippen molar-refractivity contribution in [3.8, 4) is 0 Å². The molecule has 0 aliphatic heterocycles. The highest BCUT2D eigenvalue weighted by molar-refractivity contribution is 5.33. The van der Waals surface area contributed by atoms with E-state index in [-0.39, 0.29) is 5.60 Å². The maximum Gasteiger partial charge on any atom is 0.162 e.